The van der Waals surface area contributed by atoms with E-state index in [4.69, 9.17) is 5.11 Å². The van der Waals surface area contributed by atoms with Crippen molar-refractivity contribution in [2.75, 3.05) is 6.61 Å². The van der Waals surface area contributed by atoms with E-state index in [1.165, 1.54) is 5.57 Å². The molecule has 0 aliphatic rings. The first kappa shape index (κ1) is 11.4. The van der Waals surface area contributed by atoms with Crippen LogP contribution in [0, 0.1) is 0 Å². The summed E-state index contributed by atoms with van der Waals surface area (Å²) < 4.78 is 0. The van der Waals surface area contributed by atoms with Crippen molar-refractivity contribution in [1.29, 1.82) is 0 Å². The molecule has 0 rings (SSSR count). The quantitative estimate of drug-likeness (QED) is 0.625. The Hall–Kier alpha value is -0.560. The van der Waals surface area contributed by atoms with Crippen molar-refractivity contribution in [2.45, 2.75) is 40.0 Å². The summed E-state index contributed by atoms with van der Waals surface area (Å²) in [5.74, 6) is 0. The zero-order valence-electron chi connectivity index (χ0n) is 8.43. The van der Waals surface area contributed by atoms with E-state index >= 15 is 0 Å². The summed E-state index contributed by atoms with van der Waals surface area (Å²) in [7, 11) is 0. The van der Waals surface area contributed by atoms with Gasteiger partial charge in [-0.25, -0.2) is 0 Å². The molecule has 0 spiro atoms. The first-order valence-corrected chi connectivity index (χ1v) is 4.62. The van der Waals surface area contributed by atoms with Gasteiger partial charge >= 0.3 is 0 Å². The van der Waals surface area contributed by atoms with Gasteiger partial charge in [-0.05, 0) is 33.1 Å². The van der Waals surface area contributed by atoms with E-state index in [9.17, 15) is 0 Å². The van der Waals surface area contributed by atoms with Gasteiger partial charge in [-0.2, -0.15) is 0 Å². The number of hydrogen-bond acceptors (Lipinski definition) is 1. The van der Waals surface area contributed by atoms with Crippen LogP contribution in [0.25, 0.3) is 0 Å². The highest BCUT2D eigenvalue weighted by atomic mass is 16.3. The molecule has 1 N–H and O–H groups in total. The first-order valence-electron chi connectivity index (χ1n) is 4.62. The van der Waals surface area contributed by atoms with Gasteiger partial charge in [0.05, 0.1) is 6.61 Å². The molecule has 1 nitrogen and oxygen atoms in total. The van der Waals surface area contributed by atoms with E-state index in [1.807, 2.05) is 6.92 Å². The van der Waals surface area contributed by atoms with Gasteiger partial charge in [0.1, 0.15) is 0 Å². The van der Waals surface area contributed by atoms with Gasteiger partial charge in [0.25, 0.3) is 0 Å². The highest BCUT2D eigenvalue weighted by molar-refractivity contribution is 5.03. The number of aliphatic hydroxyl groups is 1. The Kier molecular flexibility index (Phi) is 6.78. The monoisotopic (exact) mass is 168 g/mol. The van der Waals surface area contributed by atoms with Gasteiger partial charge < -0.3 is 5.11 Å². The van der Waals surface area contributed by atoms with Crippen LogP contribution in [0.3, 0.4) is 0 Å². The number of aliphatic hydroxyl groups excluding tert-OH is 1. The second kappa shape index (κ2) is 7.11. The molecule has 0 unspecified atom stereocenters. The Morgan fingerprint density at radius 2 is 1.83 bits per heavy atom. The van der Waals surface area contributed by atoms with Crippen molar-refractivity contribution in [1.82, 2.24) is 0 Å². The SMILES string of the molecule is CC/C=C(\C)CC/C=C(\C)CO. The minimum absolute atomic E-state index is 0.191. The van der Waals surface area contributed by atoms with Crippen LogP contribution in [0.2, 0.25) is 0 Å². The molecule has 0 heterocycles. The Bertz CT molecular complexity index is 166. The third-order valence-corrected chi connectivity index (χ3v) is 1.83. The minimum Gasteiger partial charge on any atom is -0.392 e. The van der Waals surface area contributed by atoms with Crippen molar-refractivity contribution in [3.8, 4) is 0 Å². The van der Waals surface area contributed by atoms with Crippen LogP contribution in [0.15, 0.2) is 23.3 Å². The van der Waals surface area contributed by atoms with Crippen LogP contribution in [0.1, 0.15) is 40.0 Å². The van der Waals surface area contributed by atoms with Crippen molar-refractivity contribution >= 4 is 0 Å². The Labute approximate surface area is 75.8 Å². The smallest absolute Gasteiger partial charge is 0.0639 e. The lowest BCUT2D eigenvalue weighted by Crippen LogP contribution is -1.84. The van der Waals surface area contributed by atoms with E-state index in [0.29, 0.717) is 0 Å². The summed E-state index contributed by atoms with van der Waals surface area (Å²) in [6.45, 7) is 6.46. The van der Waals surface area contributed by atoms with Crippen LogP contribution < -0.4 is 0 Å². The van der Waals surface area contributed by atoms with Crippen LogP contribution >= 0.6 is 0 Å². The molecule has 0 fully saturated rings. The second-order valence-electron chi connectivity index (χ2n) is 3.21. The number of hydrogen-bond donors (Lipinski definition) is 1. The van der Waals surface area contributed by atoms with Gasteiger partial charge in [0.2, 0.25) is 0 Å². The summed E-state index contributed by atoms with van der Waals surface area (Å²) in [6.07, 6.45) is 7.64. The van der Waals surface area contributed by atoms with E-state index in [-0.39, 0.29) is 6.61 Å². The molecular formula is C11H20O. The second-order valence-corrected chi connectivity index (χ2v) is 3.21. The van der Waals surface area contributed by atoms with Crippen LogP contribution in [-0.4, -0.2) is 11.7 Å². The number of rotatable bonds is 5. The molecule has 12 heavy (non-hydrogen) atoms. The predicted molar refractivity (Wildman–Crippen MR) is 54.1 cm³/mol. The van der Waals surface area contributed by atoms with Gasteiger partial charge in [0, 0.05) is 0 Å². The highest BCUT2D eigenvalue weighted by Gasteiger charge is 1.88. The van der Waals surface area contributed by atoms with Crippen LogP contribution in [0.5, 0.6) is 0 Å². The molecule has 0 amide bonds. The standard InChI is InChI=1S/C11H20O/c1-4-6-10(2)7-5-8-11(3)9-12/h6,8,12H,4-5,7,9H2,1-3H3/b10-6+,11-8+. The third kappa shape index (κ3) is 6.17. The van der Waals surface area contributed by atoms with Gasteiger partial charge in [-0.3, -0.25) is 0 Å². The molecule has 0 aliphatic heterocycles. The normalized spacial score (nSPS) is 13.7. The van der Waals surface area contributed by atoms with E-state index in [2.05, 4.69) is 26.0 Å². The minimum atomic E-state index is 0.191. The summed E-state index contributed by atoms with van der Waals surface area (Å²) in [5, 5.41) is 8.72. The molecule has 0 bridgehead atoms. The van der Waals surface area contributed by atoms with E-state index in [0.717, 1.165) is 24.8 Å². The topological polar surface area (TPSA) is 20.2 Å². The largest absolute Gasteiger partial charge is 0.392 e. The maximum Gasteiger partial charge on any atom is 0.0639 e. The van der Waals surface area contributed by atoms with Crippen molar-refractivity contribution in [3.05, 3.63) is 23.3 Å². The first-order chi connectivity index (χ1) is 5.70. The molecule has 0 aromatic heterocycles. The number of allylic oxidation sites excluding steroid dienone is 3. The fraction of sp³-hybridized carbons (Fsp3) is 0.636. The fourth-order valence-electron chi connectivity index (χ4n) is 1.06. The van der Waals surface area contributed by atoms with E-state index < -0.39 is 0 Å². The lowest BCUT2D eigenvalue weighted by molar-refractivity contribution is 0.331. The third-order valence-electron chi connectivity index (χ3n) is 1.83. The Morgan fingerprint density at radius 1 is 1.17 bits per heavy atom. The summed E-state index contributed by atoms with van der Waals surface area (Å²) in [6, 6.07) is 0. The fourth-order valence-corrected chi connectivity index (χ4v) is 1.06. The van der Waals surface area contributed by atoms with Gasteiger partial charge in [0.15, 0.2) is 0 Å². The average molecular weight is 168 g/mol. The van der Waals surface area contributed by atoms with Gasteiger partial charge in [-0.15, -0.1) is 0 Å². The molecule has 0 saturated heterocycles. The van der Waals surface area contributed by atoms with Crippen molar-refractivity contribution in [3.63, 3.8) is 0 Å². The molecular weight excluding hydrogens is 148 g/mol. The lowest BCUT2D eigenvalue weighted by Gasteiger charge is -1.98. The summed E-state index contributed by atoms with van der Waals surface area (Å²) in [4.78, 5) is 0. The average Bonchev–Trinajstić information content (AvgIpc) is 2.04. The zero-order valence-corrected chi connectivity index (χ0v) is 8.43. The molecule has 0 aromatic rings. The van der Waals surface area contributed by atoms with E-state index in [1.54, 1.807) is 0 Å². The zero-order chi connectivity index (χ0) is 9.40. The molecule has 70 valence electrons. The molecule has 0 radical (unpaired) electrons. The van der Waals surface area contributed by atoms with Gasteiger partial charge in [-0.1, -0.05) is 30.2 Å². The maximum absolute atomic E-state index is 8.72. The maximum atomic E-state index is 8.72. The van der Waals surface area contributed by atoms with Crippen molar-refractivity contribution < 1.29 is 5.11 Å². The summed E-state index contributed by atoms with van der Waals surface area (Å²) >= 11 is 0. The summed E-state index contributed by atoms with van der Waals surface area (Å²) in [5.41, 5.74) is 2.51. The highest BCUT2D eigenvalue weighted by Crippen LogP contribution is 2.06. The van der Waals surface area contributed by atoms with Crippen LogP contribution in [-0.2, 0) is 0 Å². The molecule has 0 aliphatic carbocycles. The Morgan fingerprint density at radius 3 is 2.33 bits per heavy atom. The Balaban J connectivity index is 3.62. The van der Waals surface area contributed by atoms with Crippen LogP contribution in [0.4, 0.5) is 0 Å². The van der Waals surface area contributed by atoms with Crippen molar-refractivity contribution in [2.24, 2.45) is 0 Å². The molecule has 1 heteroatoms. The lowest BCUT2D eigenvalue weighted by atomic mass is 10.1. The molecule has 0 saturated carbocycles. The molecule has 0 aromatic carbocycles. The predicted octanol–water partition coefficient (Wildman–Crippen LogP) is 3.06. The molecule has 0 atom stereocenters.